The Balaban J connectivity index is 0.773. The molecule has 0 aromatic rings. The summed E-state index contributed by atoms with van der Waals surface area (Å²) >= 11 is 0. The molecule has 7 aliphatic rings. The van der Waals surface area contributed by atoms with Crippen LogP contribution < -0.4 is 0 Å². The Hall–Kier alpha value is -0.240. The summed E-state index contributed by atoms with van der Waals surface area (Å²) in [5, 5.41) is 20.3. The molecule has 0 aromatic carbocycles. The number of hydrogen-bond acceptors (Lipinski definition) is 6. The lowest BCUT2D eigenvalue weighted by Crippen LogP contribution is -2.25. The zero-order chi connectivity index (χ0) is 65.5. The van der Waals surface area contributed by atoms with Gasteiger partial charge in [-0.3, -0.25) is 0 Å². The first-order valence-electron chi connectivity index (χ1n) is 42.2. The molecule has 540 valence electrons. The largest absolute Gasteiger partial charge is 0.394 e. The Morgan fingerprint density at radius 2 is 0.478 bits per heavy atom. The van der Waals surface area contributed by atoms with E-state index in [0.29, 0.717) is 25.0 Å². The number of aliphatic hydroxyl groups is 2. The fourth-order valence-corrected chi connectivity index (χ4v) is 21.1. The van der Waals surface area contributed by atoms with Crippen LogP contribution in [-0.4, -0.2) is 75.3 Å². The third-order valence-electron chi connectivity index (χ3n) is 28.5. The number of ether oxygens (including phenoxy) is 4. The van der Waals surface area contributed by atoms with Crippen LogP contribution >= 0.6 is 0 Å². The normalized spacial score (nSPS) is 42.9. The summed E-state index contributed by atoms with van der Waals surface area (Å²) in [4.78, 5) is 0. The van der Waals surface area contributed by atoms with E-state index in [9.17, 15) is 10.2 Å². The molecule has 24 atom stereocenters. The zero-order valence-electron chi connectivity index (χ0n) is 63.2. The minimum atomic E-state index is -0.185. The van der Waals surface area contributed by atoms with Gasteiger partial charge in [0, 0.05) is 26.4 Å². The summed E-state index contributed by atoms with van der Waals surface area (Å²) < 4.78 is 24.9. The smallest absolute Gasteiger partial charge is 0.104 e. The molecule has 6 aliphatic carbocycles. The number of fused-ring (bicyclic) bond motifs is 14. The van der Waals surface area contributed by atoms with Gasteiger partial charge in [0.25, 0.3) is 0 Å². The van der Waals surface area contributed by atoms with E-state index in [1.807, 2.05) is 0 Å². The molecule has 7 fully saturated rings. The van der Waals surface area contributed by atoms with Gasteiger partial charge in [-0.25, -0.2) is 0 Å². The number of rotatable bonds is 2. The fraction of sp³-hybridized carbons (Fsp3) is 1.00. The average Bonchev–Trinajstić information content (AvgIpc) is 1.96. The first-order valence-corrected chi connectivity index (χ1v) is 42.2. The van der Waals surface area contributed by atoms with Crippen LogP contribution in [0.4, 0.5) is 0 Å². The Kier molecular flexibility index (Phi) is 38.5. The van der Waals surface area contributed by atoms with E-state index in [4.69, 9.17) is 18.9 Å². The van der Waals surface area contributed by atoms with Gasteiger partial charge < -0.3 is 29.2 Å². The minimum absolute atomic E-state index is 0.0618. The highest BCUT2D eigenvalue weighted by molar-refractivity contribution is 4.90. The molecule has 6 saturated carbocycles. The number of aliphatic hydroxyl groups excluding tert-OH is 2. The predicted octanol–water partition coefficient (Wildman–Crippen LogP) is 23.8. The summed E-state index contributed by atoms with van der Waals surface area (Å²) in [6, 6.07) is 0. The van der Waals surface area contributed by atoms with E-state index in [-0.39, 0.29) is 25.4 Å². The topological polar surface area (TPSA) is 77.4 Å². The van der Waals surface area contributed by atoms with E-state index in [0.717, 1.165) is 158 Å². The first-order chi connectivity index (χ1) is 44.6. The molecular weight excluding hydrogens is 1130 g/mol. The van der Waals surface area contributed by atoms with Crippen LogP contribution in [-0.2, 0) is 18.9 Å². The van der Waals surface area contributed by atoms with Crippen LogP contribution in [0.1, 0.15) is 352 Å². The molecule has 0 radical (unpaired) electrons. The average molecular weight is 1290 g/mol. The van der Waals surface area contributed by atoms with E-state index in [1.54, 1.807) is 0 Å². The van der Waals surface area contributed by atoms with E-state index in [1.165, 1.54) is 270 Å². The quantitative estimate of drug-likeness (QED) is 0.287. The SMILES string of the molecule is CC1CCCC2CCC(C2)C(C)CCCC(C)CCC(C)CCCC(C)C2CCC(C2)C2CCC(CCOCC(CO)OCCC(C)CCCC3CCC(C3)C(C)CCCC(C)CCC(C)CCCC(C)C3CCC(C3)C3CCC(CCOCC(CO)OCC1)C3)C2. The summed E-state index contributed by atoms with van der Waals surface area (Å²) in [5.74, 6) is 19.6. The minimum Gasteiger partial charge on any atom is -0.394 e. The van der Waals surface area contributed by atoms with Crippen LogP contribution in [0, 0.1) is 130 Å². The van der Waals surface area contributed by atoms with Crippen LogP contribution in [0.25, 0.3) is 0 Å². The van der Waals surface area contributed by atoms with E-state index < -0.39 is 0 Å². The highest BCUT2D eigenvalue weighted by Crippen LogP contribution is 2.50. The summed E-state index contributed by atoms with van der Waals surface area (Å²) in [5.41, 5.74) is 0. The van der Waals surface area contributed by atoms with Gasteiger partial charge in [0.1, 0.15) is 12.2 Å². The Morgan fingerprint density at radius 3 is 0.815 bits per heavy atom. The molecule has 0 aromatic heterocycles. The van der Waals surface area contributed by atoms with E-state index >= 15 is 0 Å². The lowest BCUT2D eigenvalue weighted by Gasteiger charge is -2.23. The van der Waals surface area contributed by atoms with Crippen LogP contribution in [0.5, 0.6) is 0 Å². The lowest BCUT2D eigenvalue weighted by atomic mass is 9.83. The lowest BCUT2D eigenvalue weighted by molar-refractivity contribution is -0.0471. The summed E-state index contributed by atoms with van der Waals surface area (Å²) in [6.45, 7) is 29.7. The Morgan fingerprint density at radius 1 is 0.228 bits per heavy atom. The van der Waals surface area contributed by atoms with Crippen molar-refractivity contribution in [3.63, 3.8) is 0 Å². The molecule has 2 N–H and O–H groups in total. The van der Waals surface area contributed by atoms with Gasteiger partial charge >= 0.3 is 0 Å². The highest BCUT2D eigenvalue weighted by atomic mass is 16.5. The van der Waals surface area contributed by atoms with E-state index in [2.05, 4.69) is 69.2 Å². The van der Waals surface area contributed by atoms with Crippen molar-refractivity contribution in [2.45, 2.75) is 364 Å². The molecule has 1 saturated heterocycles. The van der Waals surface area contributed by atoms with Crippen molar-refractivity contribution in [1.82, 2.24) is 0 Å². The molecule has 1 heterocycles. The molecular formula is C86H160O6. The second kappa shape index (κ2) is 44.8. The zero-order valence-corrected chi connectivity index (χ0v) is 63.2. The van der Waals surface area contributed by atoms with Gasteiger partial charge in [0.15, 0.2) is 0 Å². The molecule has 6 nitrogen and oxygen atoms in total. The van der Waals surface area contributed by atoms with Gasteiger partial charge in [-0.2, -0.15) is 0 Å². The van der Waals surface area contributed by atoms with Crippen molar-refractivity contribution >= 4 is 0 Å². The van der Waals surface area contributed by atoms with Crippen LogP contribution in [0.2, 0.25) is 0 Å². The van der Waals surface area contributed by atoms with Crippen molar-refractivity contribution in [2.24, 2.45) is 130 Å². The van der Waals surface area contributed by atoms with Gasteiger partial charge in [-0.15, -0.1) is 0 Å². The summed E-state index contributed by atoms with van der Waals surface area (Å²) in [7, 11) is 0. The van der Waals surface area contributed by atoms with Crippen molar-refractivity contribution < 1.29 is 29.2 Å². The van der Waals surface area contributed by atoms with Gasteiger partial charge in [0.05, 0.1) is 26.4 Å². The van der Waals surface area contributed by atoms with Gasteiger partial charge in [-0.05, 0) is 246 Å². The third-order valence-corrected chi connectivity index (χ3v) is 28.5. The first kappa shape index (κ1) is 79.1. The Labute approximate surface area is 573 Å². The second-order valence-corrected chi connectivity index (χ2v) is 36.4. The molecule has 24 unspecified atom stereocenters. The van der Waals surface area contributed by atoms with Crippen molar-refractivity contribution in [3.8, 4) is 0 Å². The molecule has 7 rings (SSSR count). The molecule has 0 amide bonds. The molecule has 92 heavy (non-hydrogen) atoms. The van der Waals surface area contributed by atoms with Crippen molar-refractivity contribution in [1.29, 1.82) is 0 Å². The third kappa shape index (κ3) is 29.9. The second-order valence-electron chi connectivity index (χ2n) is 36.4. The van der Waals surface area contributed by atoms with Crippen LogP contribution in [0.3, 0.4) is 0 Å². The highest BCUT2D eigenvalue weighted by Gasteiger charge is 2.39. The van der Waals surface area contributed by atoms with Crippen LogP contribution in [0.15, 0.2) is 0 Å². The van der Waals surface area contributed by atoms with Gasteiger partial charge in [0.2, 0.25) is 0 Å². The monoisotopic (exact) mass is 1290 g/mol. The predicted molar refractivity (Wildman–Crippen MR) is 392 cm³/mol. The van der Waals surface area contributed by atoms with Crippen molar-refractivity contribution in [2.75, 3.05) is 52.9 Å². The van der Waals surface area contributed by atoms with Gasteiger partial charge in [-0.1, -0.05) is 236 Å². The number of hydrogen-bond donors (Lipinski definition) is 2. The Bertz CT molecular complexity index is 1700. The molecule has 6 heteroatoms. The van der Waals surface area contributed by atoms with Crippen molar-refractivity contribution in [3.05, 3.63) is 0 Å². The fourth-order valence-electron chi connectivity index (χ4n) is 21.1. The molecule has 0 spiro atoms. The maximum Gasteiger partial charge on any atom is 0.104 e. The maximum absolute atomic E-state index is 10.2. The molecule has 12 bridgehead atoms. The standard InChI is InChI=1S/C86H160O6/c1-63-17-11-23-69(7)77-37-33-73(53-77)27-15-21-67(5)45-51-91-85(59-87)61-90-50-48-76-36-40-82(56-76)84-44-42-80(58-84)72(10)26-14-20-66(4)32-30-64(2)18-12-24-70(8)78-38-34-74(54-78)28-16-22-68(6)46-52-92-86(60-88)62-89-49-47-75-35-39-81(55-75)83-43-41-79(57-83)71(9)25-13-19-65(3)31-29-63/h63-88H,11-62H2,1-10H3. The maximum atomic E-state index is 10.2. The molecule has 1 aliphatic heterocycles. The summed E-state index contributed by atoms with van der Waals surface area (Å²) in [6.07, 6.45) is 61.5.